The third kappa shape index (κ3) is 3.63. The standard InChI is InChI=1S/C13H19NO4/c1-16-11-9-13(18-3)12(17-2)8-10(11)4-5-14-6-7-15/h7-9,14H,4-6H2,1-3H3. The lowest BCUT2D eigenvalue weighted by Crippen LogP contribution is -2.19. The Hall–Kier alpha value is -1.75. The molecule has 0 amide bonds. The van der Waals surface area contributed by atoms with E-state index in [1.165, 1.54) is 0 Å². The van der Waals surface area contributed by atoms with Crippen LogP contribution in [0.4, 0.5) is 0 Å². The Morgan fingerprint density at radius 1 is 1.06 bits per heavy atom. The number of carbonyl (C=O) groups is 1. The molecule has 0 aliphatic carbocycles. The number of benzene rings is 1. The van der Waals surface area contributed by atoms with Crippen molar-refractivity contribution in [2.75, 3.05) is 34.4 Å². The molecule has 0 spiro atoms. The average molecular weight is 253 g/mol. The van der Waals surface area contributed by atoms with E-state index in [2.05, 4.69) is 5.32 Å². The molecule has 0 atom stereocenters. The van der Waals surface area contributed by atoms with E-state index in [1.54, 1.807) is 27.4 Å². The van der Waals surface area contributed by atoms with E-state index in [9.17, 15) is 4.79 Å². The molecule has 5 heteroatoms. The van der Waals surface area contributed by atoms with Gasteiger partial charge in [-0.3, -0.25) is 0 Å². The van der Waals surface area contributed by atoms with Crippen LogP contribution in [0.5, 0.6) is 17.2 Å². The van der Waals surface area contributed by atoms with Crippen molar-refractivity contribution in [2.24, 2.45) is 0 Å². The first-order valence-corrected chi connectivity index (χ1v) is 5.70. The number of hydrogen-bond acceptors (Lipinski definition) is 5. The fraction of sp³-hybridized carbons (Fsp3) is 0.462. The van der Waals surface area contributed by atoms with Crippen molar-refractivity contribution in [3.63, 3.8) is 0 Å². The Labute approximate surface area is 107 Å². The van der Waals surface area contributed by atoms with Crippen LogP contribution in [0.1, 0.15) is 5.56 Å². The minimum absolute atomic E-state index is 0.357. The molecule has 0 aliphatic rings. The molecular weight excluding hydrogens is 234 g/mol. The van der Waals surface area contributed by atoms with Gasteiger partial charge in [0.25, 0.3) is 0 Å². The van der Waals surface area contributed by atoms with Gasteiger partial charge in [0.15, 0.2) is 11.5 Å². The highest BCUT2D eigenvalue weighted by atomic mass is 16.5. The van der Waals surface area contributed by atoms with Crippen molar-refractivity contribution in [3.05, 3.63) is 17.7 Å². The van der Waals surface area contributed by atoms with Gasteiger partial charge in [-0.25, -0.2) is 0 Å². The Kier molecular flexibility index (Phi) is 6.00. The second-order valence-corrected chi connectivity index (χ2v) is 3.64. The zero-order valence-corrected chi connectivity index (χ0v) is 11.0. The third-order valence-electron chi connectivity index (χ3n) is 2.59. The first kappa shape index (κ1) is 14.3. The van der Waals surface area contributed by atoms with Gasteiger partial charge in [-0.2, -0.15) is 0 Å². The monoisotopic (exact) mass is 253 g/mol. The Morgan fingerprint density at radius 2 is 1.67 bits per heavy atom. The van der Waals surface area contributed by atoms with E-state index in [-0.39, 0.29) is 0 Å². The Balaban J connectivity index is 2.84. The van der Waals surface area contributed by atoms with Crippen LogP contribution in [0.3, 0.4) is 0 Å². The molecule has 100 valence electrons. The summed E-state index contributed by atoms with van der Waals surface area (Å²) in [6, 6.07) is 3.69. The third-order valence-corrected chi connectivity index (χ3v) is 2.59. The first-order chi connectivity index (χ1) is 8.76. The maximum absolute atomic E-state index is 10.2. The van der Waals surface area contributed by atoms with Gasteiger partial charge in [0.05, 0.1) is 27.9 Å². The van der Waals surface area contributed by atoms with E-state index in [0.717, 1.165) is 24.0 Å². The molecule has 0 saturated carbocycles. The van der Waals surface area contributed by atoms with Crippen molar-refractivity contribution >= 4 is 6.29 Å². The van der Waals surface area contributed by atoms with Gasteiger partial charge >= 0.3 is 0 Å². The predicted octanol–water partition coefficient (Wildman–Crippen LogP) is 1.04. The fourth-order valence-corrected chi connectivity index (χ4v) is 1.67. The molecule has 0 fully saturated rings. The highest BCUT2D eigenvalue weighted by molar-refractivity contribution is 5.52. The maximum atomic E-state index is 10.2. The molecule has 1 N–H and O–H groups in total. The molecule has 5 nitrogen and oxygen atoms in total. The smallest absolute Gasteiger partial charge is 0.164 e. The summed E-state index contributed by atoms with van der Waals surface area (Å²) in [6.07, 6.45) is 1.59. The molecular formula is C13H19NO4. The summed E-state index contributed by atoms with van der Waals surface area (Å²) in [5.74, 6) is 2.06. The zero-order chi connectivity index (χ0) is 13.4. The van der Waals surface area contributed by atoms with Crippen LogP contribution >= 0.6 is 0 Å². The van der Waals surface area contributed by atoms with Crippen LogP contribution in [-0.4, -0.2) is 40.7 Å². The SMILES string of the molecule is COc1cc(OC)c(OC)cc1CCNCC=O. The summed E-state index contributed by atoms with van der Waals surface area (Å²) in [7, 11) is 4.80. The van der Waals surface area contributed by atoms with Gasteiger partial charge in [-0.1, -0.05) is 0 Å². The van der Waals surface area contributed by atoms with Gasteiger partial charge in [0.2, 0.25) is 0 Å². The number of aldehydes is 1. The topological polar surface area (TPSA) is 56.8 Å². The number of carbonyl (C=O) groups excluding carboxylic acids is 1. The highest BCUT2D eigenvalue weighted by Crippen LogP contribution is 2.34. The average Bonchev–Trinajstić information content (AvgIpc) is 2.42. The normalized spacial score (nSPS) is 9.94. The number of methoxy groups -OCH3 is 3. The second-order valence-electron chi connectivity index (χ2n) is 3.64. The second kappa shape index (κ2) is 7.55. The number of ether oxygens (including phenoxy) is 3. The van der Waals surface area contributed by atoms with Crippen molar-refractivity contribution in [3.8, 4) is 17.2 Å². The van der Waals surface area contributed by atoms with Gasteiger partial charge in [0, 0.05) is 6.07 Å². The summed E-state index contributed by atoms with van der Waals surface area (Å²) in [6.45, 7) is 1.06. The molecule has 0 heterocycles. The molecule has 0 radical (unpaired) electrons. The molecule has 18 heavy (non-hydrogen) atoms. The van der Waals surface area contributed by atoms with Crippen molar-refractivity contribution in [1.29, 1.82) is 0 Å². The number of rotatable bonds is 8. The molecule has 1 aromatic rings. The summed E-state index contributed by atoms with van der Waals surface area (Å²) in [5, 5.41) is 3.01. The highest BCUT2D eigenvalue weighted by Gasteiger charge is 2.11. The zero-order valence-electron chi connectivity index (χ0n) is 11.0. The summed E-state index contributed by atoms with van der Waals surface area (Å²) in [5.41, 5.74) is 1.01. The van der Waals surface area contributed by atoms with Gasteiger partial charge in [0.1, 0.15) is 12.0 Å². The molecule has 0 aliphatic heterocycles. The summed E-state index contributed by atoms with van der Waals surface area (Å²) < 4.78 is 15.8. The molecule has 1 aromatic carbocycles. The quantitative estimate of drug-likeness (QED) is 0.554. The van der Waals surface area contributed by atoms with Crippen molar-refractivity contribution < 1.29 is 19.0 Å². The predicted molar refractivity (Wildman–Crippen MR) is 68.7 cm³/mol. The van der Waals surface area contributed by atoms with Crippen LogP contribution in [0.2, 0.25) is 0 Å². The lowest BCUT2D eigenvalue weighted by Gasteiger charge is -2.14. The first-order valence-electron chi connectivity index (χ1n) is 5.70. The molecule has 1 rings (SSSR count). The number of hydrogen-bond donors (Lipinski definition) is 1. The van der Waals surface area contributed by atoms with Crippen molar-refractivity contribution in [1.82, 2.24) is 5.32 Å². The van der Waals surface area contributed by atoms with Crippen LogP contribution in [0.15, 0.2) is 12.1 Å². The van der Waals surface area contributed by atoms with Gasteiger partial charge in [-0.05, 0) is 24.6 Å². The van der Waals surface area contributed by atoms with E-state index in [4.69, 9.17) is 14.2 Å². The van der Waals surface area contributed by atoms with Gasteiger partial charge in [-0.15, -0.1) is 0 Å². The largest absolute Gasteiger partial charge is 0.496 e. The molecule has 0 saturated heterocycles. The van der Waals surface area contributed by atoms with E-state index < -0.39 is 0 Å². The van der Waals surface area contributed by atoms with Crippen LogP contribution in [0, 0.1) is 0 Å². The fourth-order valence-electron chi connectivity index (χ4n) is 1.67. The molecule has 0 unspecified atom stereocenters. The van der Waals surface area contributed by atoms with Crippen LogP contribution < -0.4 is 19.5 Å². The molecule has 0 bridgehead atoms. The van der Waals surface area contributed by atoms with E-state index in [0.29, 0.717) is 24.6 Å². The number of nitrogens with one attached hydrogen (secondary N) is 1. The van der Waals surface area contributed by atoms with E-state index >= 15 is 0 Å². The van der Waals surface area contributed by atoms with Crippen LogP contribution in [0.25, 0.3) is 0 Å². The summed E-state index contributed by atoms with van der Waals surface area (Å²) in [4.78, 5) is 10.2. The summed E-state index contributed by atoms with van der Waals surface area (Å²) >= 11 is 0. The Bertz CT molecular complexity index is 393. The lowest BCUT2D eigenvalue weighted by molar-refractivity contribution is -0.107. The molecule has 0 aromatic heterocycles. The maximum Gasteiger partial charge on any atom is 0.164 e. The minimum atomic E-state index is 0.357. The minimum Gasteiger partial charge on any atom is -0.496 e. The van der Waals surface area contributed by atoms with Crippen molar-refractivity contribution in [2.45, 2.75) is 6.42 Å². The van der Waals surface area contributed by atoms with Crippen LogP contribution in [-0.2, 0) is 11.2 Å². The Morgan fingerprint density at radius 3 is 2.22 bits per heavy atom. The van der Waals surface area contributed by atoms with Gasteiger partial charge < -0.3 is 24.3 Å². The lowest BCUT2D eigenvalue weighted by atomic mass is 10.1. The van der Waals surface area contributed by atoms with E-state index in [1.807, 2.05) is 6.07 Å².